The Bertz CT molecular complexity index is 293. The summed E-state index contributed by atoms with van der Waals surface area (Å²) in [5.41, 5.74) is 0. The Hall–Kier alpha value is -1.72. The van der Waals surface area contributed by atoms with E-state index in [9.17, 15) is 9.59 Å². The second-order valence-corrected chi connectivity index (χ2v) is 3.65. The van der Waals surface area contributed by atoms with Gasteiger partial charge in [-0.15, -0.1) is 0 Å². The van der Waals surface area contributed by atoms with Gasteiger partial charge in [0.05, 0.1) is 0 Å². The maximum Gasteiger partial charge on any atom is 0.506 e. The second-order valence-electron chi connectivity index (χ2n) is 3.65. The molecule has 15 heavy (non-hydrogen) atoms. The van der Waals surface area contributed by atoms with Crippen LogP contribution in [0.4, 0.5) is 9.59 Å². The van der Waals surface area contributed by atoms with Crippen molar-refractivity contribution in [2.24, 2.45) is 11.8 Å². The van der Waals surface area contributed by atoms with Crippen LogP contribution in [0.15, 0.2) is 12.2 Å². The van der Waals surface area contributed by atoms with E-state index >= 15 is 0 Å². The Morgan fingerprint density at radius 1 is 1.00 bits per heavy atom. The lowest BCUT2D eigenvalue weighted by molar-refractivity contribution is -0.0440. The topological polar surface area (TPSA) is 93.1 Å². The summed E-state index contributed by atoms with van der Waals surface area (Å²) in [6, 6.07) is 0. The van der Waals surface area contributed by atoms with Crippen LogP contribution in [-0.4, -0.2) is 34.7 Å². The highest BCUT2D eigenvalue weighted by atomic mass is 16.7. The number of hydrogen-bond donors (Lipinski definition) is 2. The molecule has 0 heterocycles. The lowest BCUT2D eigenvalue weighted by Crippen LogP contribution is -2.37. The van der Waals surface area contributed by atoms with E-state index in [1.54, 1.807) is 0 Å². The van der Waals surface area contributed by atoms with Crippen LogP contribution in [0, 0.1) is 11.8 Å². The predicted octanol–water partition coefficient (Wildman–Crippen LogP) is 1.32. The van der Waals surface area contributed by atoms with Gasteiger partial charge in [0, 0.05) is 11.8 Å². The summed E-state index contributed by atoms with van der Waals surface area (Å²) in [5.74, 6) is -0.120. The quantitative estimate of drug-likeness (QED) is 0.531. The van der Waals surface area contributed by atoms with Crippen molar-refractivity contribution in [1.82, 2.24) is 0 Å². The minimum atomic E-state index is -1.40. The lowest BCUT2D eigenvalue weighted by Gasteiger charge is -2.25. The molecule has 0 aromatic carbocycles. The van der Waals surface area contributed by atoms with Gasteiger partial charge in [-0.05, 0) is 6.42 Å². The van der Waals surface area contributed by atoms with E-state index < -0.39 is 24.5 Å². The van der Waals surface area contributed by atoms with Crippen LogP contribution in [0.25, 0.3) is 0 Å². The minimum absolute atomic E-state index is 0.0598. The molecule has 0 aliphatic heterocycles. The molecule has 2 bridgehead atoms. The van der Waals surface area contributed by atoms with Crippen molar-refractivity contribution in [3.63, 3.8) is 0 Å². The molecule has 0 aromatic heterocycles. The SMILES string of the molecule is O=C(O)OC1C(OC(=O)O)[C@H]2C=C[C@@H]1C2. The van der Waals surface area contributed by atoms with Gasteiger partial charge in [-0.3, -0.25) is 0 Å². The Morgan fingerprint density at radius 2 is 1.40 bits per heavy atom. The normalized spacial score (nSPS) is 36.5. The summed E-state index contributed by atoms with van der Waals surface area (Å²) in [7, 11) is 0. The predicted molar refractivity (Wildman–Crippen MR) is 46.5 cm³/mol. The average molecular weight is 214 g/mol. The fourth-order valence-corrected chi connectivity index (χ4v) is 2.27. The van der Waals surface area contributed by atoms with E-state index in [-0.39, 0.29) is 11.8 Å². The third-order valence-electron chi connectivity index (χ3n) is 2.79. The molecule has 0 aromatic rings. The summed E-state index contributed by atoms with van der Waals surface area (Å²) in [6.07, 6.45) is 0.178. The molecule has 2 rings (SSSR count). The van der Waals surface area contributed by atoms with E-state index in [1.807, 2.05) is 12.2 Å². The summed E-state index contributed by atoms with van der Waals surface area (Å²) in [6.45, 7) is 0. The fraction of sp³-hybridized carbons (Fsp3) is 0.556. The summed E-state index contributed by atoms with van der Waals surface area (Å²) in [5, 5.41) is 17.0. The van der Waals surface area contributed by atoms with Gasteiger partial charge in [0.15, 0.2) is 0 Å². The second kappa shape index (κ2) is 3.45. The number of carbonyl (C=O) groups is 2. The van der Waals surface area contributed by atoms with Crippen molar-refractivity contribution in [3.05, 3.63) is 12.2 Å². The zero-order valence-electron chi connectivity index (χ0n) is 7.70. The third kappa shape index (κ3) is 1.74. The average Bonchev–Trinajstić information content (AvgIpc) is 2.67. The molecule has 2 N–H and O–H groups in total. The number of carboxylic acid groups (broad SMARTS) is 2. The van der Waals surface area contributed by atoms with E-state index in [1.165, 1.54) is 0 Å². The van der Waals surface area contributed by atoms with Crippen LogP contribution < -0.4 is 0 Å². The first-order valence-corrected chi connectivity index (χ1v) is 4.55. The van der Waals surface area contributed by atoms with E-state index in [0.717, 1.165) is 0 Å². The maximum absolute atomic E-state index is 10.4. The number of ether oxygens (including phenoxy) is 2. The fourth-order valence-electron chi connectivity index (χ4n) is 2.27. The van der Waals surface area contributed by atoms with Gasteiger partial charge < -0.3 is 19.7 Å². The van der Waals surface area contributed by atoms with Gasteiger partial charge in [0.2, 0.25) is 0 Å². The van der Waals surface area contributed by atoms with Gasteiger partial charge in [-0.1, -0.05) is 12.2 Å². The number of fused-ring (bicyclic) bond motifs is 2. The largest absolute Gasteiger partial charge is 0.506 e. The van der Waals surface area contributed by atoms with Crippen LogP contribution >= 0.6 is 0 Å². The smallest absolute Gasteiger partial charge is 0.450 e. The molecule has 4 atom stereocenters. The van der Waals surface area contributed by atoms with Gasteiger partial charge >= 0.3 is 12.3 Å². The molecule has 6 heteroatoms. The summed E-state index contributed by atoms with van der Waals surface area (Å²) in [4.78, 5) is 20.8. The maximum atomic E-state index is 10.4. The van der Waals surface area contributed by atoms with Gasteiger partial charge in [-0.2, -0.15) is 0 Å². The molecular weight excluding hydrogens is 204 g/mol. The highest BCUT2D eigenvalue weighted by Crippen LogP contribution is 2.42. The number of hydrogen-bond acceptors (Lipinski definition) is 4. The van der Waals surface area contributed by atoms with Gasteiger partial charge in [0.1, 0.15) is 12.2 Å². The molecule has 0 saturated heterocycles. The van der Waals surface area contributed by atoms with Crippen molar-refractivity contribution in [3.8, 4) is 0 Å². The first-order chi connectivity index (χ1) is 7.08. The Kier molecular flexibility index (Phi) is 2.26. The van der Waals surface area contributed by atoms with Crippen molar-refractivity contribution < 1.29 is 29.3 Å². The van der Waals surface area contributed by atoms with Crippen molar-refractivity contribution in [2.45, 2.75) is 18.6 Å². The van der Waals surface area contributed by atoms with Gasteiger partial charge in [0.25, 0.3) is 0 Å². The van der Waals surface area contributed by atoms with Crippen LogP contribution in [0.2, 0.25) is 0 Å². The zero-order chi connectivity index (χ0) is 11.0. The molecule has 2 unspecified atom stereocenters. The minimum Gasteiger partial charge on any atom is -0.450 e. The Balaban J connectivity index is 2.09. The molecule has 2 aliphatic rings. The monoisotopic (exact) mass is 214 g/mol. The first kappa shape index (κ1) is 9.82. The molecule has 2 aliphatic carbocycles. The van der Waals surface area contributed by atoms with Crippen molar-refractivity contribution in [2.75, 3.05) is 0 Å². The van der Waals surface area contributed by atoms with Gasteiger partial charge in [-0.25, -0.2) is 9.59 Å². The zero-order valence-corrected chi connectivity index (χ0v) is 7.70. The van der Waals surface area contributed by atoms with E-state index in [4.69, 9.17) is 10.2 Å². The molecule has 6 nitrogen and oxygen atoms in total. The van der Waals surface area contributed by atoms with Crippen LogP contribution in [0.3, 0.4) is 0 Å². The molecular formula is C9H10O6. The molecule has 0 radical (unpaired) electrons. The molecule has 82 valence electrons. The Morgan fingerprint density at radius 3 is 1.73 bits per heavy atom. The molecule has 1 fully saturated rings. The Labute approximate surface area is 85.1 Å². The summed E-state index contributed by atoms with van der Waals surface area (Å²) >= 11 is 0. The van der Waals surface area contributed by atoms with Crippen molar-refractivity contribution in [1.29, 1.82) is 0 Å². The highest BCUT2D eigenvalue weighted by molar-refractivity contribution is 5.59. The summed E-state index contributed by atoms with van der Waals surface area (Å²) < 4.78 is 9.27. The van der Waals surface area contributed by atoms with E-state index in [2.05, 4.69) is 9.47 Å². The van der Waals surface area contributed by atoms with Crippen LogP contribution in [0.1, 0.15) is 6.42 Å². The lowest BCUT2D eigenvalue weighted by atomic mass is 10.0. The number of rotatable bonds is 2. The van der Waals surface area contributed by atoms with E-state index in [0.29, 0.717) is 6.42 Å². The van der Waals surface area contributed by atoms with Crippen LogP contribution in [-0.2, 0) is 9.47 Å². The first-order valence-electron chi connectivity index (χ1n) is 4.55. The highest BCUT2D eigenvalue weighted by Gasteiger charge is 2.49. The molecule has 1 saturated carbocycles. The third-order valence-corrected chi connectivity index (χ3v) is 2.79. The molecule has 0 amide bonds. The molecule has 0 spiro atoms. The standard InChI is InChI=1S/C9H10O6/c10-8(11)14-6-4-1-2-5(3-4)7(6)15-9(12)13/h1-2,4-7H,3H2,(H,10,11)(H,12,13)/t4-,5+,6?,7?. The van der Waals surface area contributed by atoms with Crippen molar-refractivity contribution >= 4 is 12.3 Å². The van der Waals surface area contributed by atoms with Crippen LogP contribution in [0.5, 0.6) is 0 Å².